The molecule has 0 radical (unpaired) electrons. The maximum atomic E-state index is 11.4. The second-order valence-electron chi connectivity index (χ2n) is 6.05. The van der Waals surface area contributed by atoms with Gasteiger partial charge in [0, 0.05) is 32.6 Å². The van der Waals surface area contributed by atoms with Gasteiger partial charge in [-0.15, -0.1) is 0 Å². The van der Waals surface area contributed by atoms with Gasteiger partial charge in [0.1, 0.15) is 6.04 Å². The molecule has 0 amide bonds. The highest BCUT2D eigenvalue weighted by atomic mass is 16.4. The van der Waals surface area contributed by atoms with E-state index in [2.05, 4.69) is 10.2 Å². The third kappa shape index (κ3) is 8.34. The van der Waals surface area contributed by atoms with Crippen LogP contribution in [0.5, 0.6) is 0 Å². The molecule has 22 heavy (non-hydrogen) atoms. The number of carboxylic acid groups (broad SMARTS) is 2. The summed E-state index contributed by atoms with van der Waals surface area (Å²) in [6, 6.07) is -0.335. The van der Waals surface area contributed by atoms with Crippen molar-refractivity contribution in [1.29, 1.82) is 0 Å². The molecule has 0 bridgehead atoms. The van der Waals surface area contributed by atoms with Gasteiger partial charge in [-0.2, -0.15) is 0 Å². The van der Waals surface area contributed by atoms with Gasteiger partial charge in [-0.05, 0) is 12.8 Å². The number of piperazine rings is 1. The standard InChI is InChI=1S/C16H30N2O4/c19-15(20)9-7-5-3-1-2-4-6-8-14(16(21)22)18-12-10-17-11-13-18/h14,17H,1-13H2,(H,19,20)(H,21,22). The van der Waals surface area contributed by atoms with Crippen molar-refractivity contribution < 1.29 is 19.8 Å². The lowest BCUT2D eigenvalue weighted by Gasteiger charge is -2.32. The molecule has 1 aliphatic heterocycles. The van der Waals surface area contributed by atoms with Crippen LogP contribution < -0.4 is 5.32 Å². The van der Waals surface area contributed by atoms with Crippen LogP contribution in [-0.4, -0.2) is 59.3 Å². The van der Waals surface area contributed by atoms with Crippen LogP contribution in [0.3, 0.4) is 0 Å². The van der Waals surface area contributed by atoms with Crippen LogP contribution in [0.4, 0.5) is 0 Å². The number of carbonyl (C=O) groups is 2. The highest BCUT2D eigenvalue weighted by molar-refractivity contribution is 5.73. The van der Waals surface area contributed by atoms with Crippen molar-refractivity contribution in [3.8, 4) is 0 Å². The first-order chi connectivity index (χ1) is 10.6. The van der Waals surface area contributed by atoms with E-state index in [0.29, 0.717) is 0 Å². The predicted molar refractivity (Wildman–Crippen MR) is 85.1 cm³/mol. The first-order valence-electron chi connectivity index (χ1n) is 8.50. The Labute approximate surface area is 132 Å². The number of nitrogens with one attached hydrogen (secondary N) is 1. The van der Waals surface area contributed by atoms with Crippen LogP contribution in [0, 0.1) is 0 Å². The van der Waals surface area contributed by atoms with Gasteiger partial charge in [0.2, 0.25) is 0 Å². The molecule has 0 spiro atoms. The summed E-state index contributed by atoms with van der Waals surface area (Å²) in [5.41, 5.74) is 0. The summed E-state index contributed by atoms with van der Waals surface area (Å²) in [6.07, 6.45) is 8.06. The molecule has 1 heterocycles. The molecule has 6 heteroatoms. The monoisotopic (exact) mass is 314 g/mol. The Balaban J connectivity index is 2.03. The van der Waals surface area contributed by atoms with Gasteiger partial charge in [-0.25, -0.2) is 0 Å². The van der Waals surface area contributed by atoms with E-state index in [1.54, 1.807) is 0 Å². The predicted octanol–water partition coefficient (Wildman–Crippen LogP) is 1.94. The van der Waals surface area contributed by atoms with Crippen molar-refractivity contribution in [3.05, 3.63) is 0 Å². The number of aliphatic carboxylic acids is 2. The van der Waals surface area contributed by atoms with Gasteiger partial charge in [-0.3, -0.25) is 14.5 Å². The summed E-state index contributed by atoms with van der Waals surface area (Å²) in [5, 5.41) is 21.1. The molecule has 0 aromatic carbocycles. The lowest BCUT2D eigenvalue weighted by molar-refractivity contribution is -0.144. The van der Waals surface area contributed by atoms with E-state index in [1.807, 2.05) is 0 Å². The summed E-state index contributed by atoms with van der Waals surface area (Å²) < 4.78 is 0. The summed E-state index contributed by atoms with van der Waals surface area (Å²) in [6.45, 7) is 3.39. The Morgan fingerprint density at radius 1 is 0.909 bits per heavy atom. The SMILES string of the molecule is O=C(O)CCCCCCCCCC(C(=O)O)N1CCNCC1. The highest BCUT2D eigenvalue weighted by Gasteiger charge is 2.25. The normalized spacial score (nSPS) is 17.3. The summed E-state index contributed by atoms with van der Waals surface area (Å²) in [7, 11) is 0. The fraction of sp³-hybridized carbons (Fsp3) is 0.875. The van der Waals surface area contributed by atoms with Crippen LogP contribution in [0.1, 0.15) is 57.8 Å². The molecule has 6 nitrogen and oxygen atoms in total. The largest absolute Gasteiger partial charge is 0.481 e. The van der Waals surface area contributed by atoms with Crippen LogP contribution >= 0.6 is 0 Å². The van der Waals surface area contributed by atoms with Gasteiger partial charge >= 0.3 is 11.9 Å². The molecular weight excluding hydrogens is 284 g/mol. The number of hydrogen-bond acceptors (Lipinski definition) is 4. The molecule has 0 saturated carbocycles. The average molecular weight is 314 g/mol. The quantitative estimate of drug-likeness (QED) is 0.477. The van der Waals surface area contributed by atoms with Gasteiger partial charge in [0.25, 0.3) is 0 Å². The van der Waals surface area contributed by atoms with Crippen molar-refractivity contribution in [2.24, 2.45) is 0 Å². The first kappa shape index (κ1) is 18.9. The topological polar surface area (TPSA) is 89.9 Å². The Kier molecular flexibility index (Phi) is 9.82. The lowest BCUT2D eigenvalue weighted by Crippen LogP contribution is -2.51. The van der Waals surface area contributed by atoms with Crippen molar-refractivity contribution >= 4 is 11.9 Å². The van der Waals surface area contributed by atoms with Crippen molar-refractivity contribution in [3.63, 3.8) is 0 Å². The smallest absolute Gasteiger partial charge is 0.320 e. The fourth-order valence-corrected chi connectivity index (χ4v) is 2.95. The molecule has 1 aliphatic rings. The molecular formula is C16H30N2O4. The van der Waals surface area contributed by atoms with Crippen LogP contribution in [0.15, 0.2) is 0 Å². The zero-order chi connectivity index (χ0) is 16.2. The third-order valence-corrected chi connectivity index (χ3v) is 4.25. The van der Waals surface area contributed by atoms with Crippen LogP contribution in [0.25, 0.3) is 0 Å². The second-order valence-corrected chi connectivity index (χ2v) is 6.05. The van der Waals surface area contributed by atoms with E-state index in [1.165, 1.54) is 0 Å². The Hall–Kier alpha value is -1.14. The van der Waals surface area contributed by atoms with E-state index in [-0.39, 0.29) is 12.5 Å². The molecule has 1 rings (SSSR count). The van der Waals surface area contributed by atoms with Crippen molar-refractivity contribution in [2.75, 3.05) is 26.2 Å². The number of nitrogens with zero attached hydrogens (tertiary/aromatic N) is 1. The molecule has 1 fully saturated rings. The Morgan fingerprint density at radius 3 is 2.00 bits per heavy atom. The minimum absolute atomic E-state index is 0.269. The zero-order valence-corrected chi connectivity index (χ0v) is 13.4. The van der Waals surface area contributed by atoms with E-state index in [9.17, 15) is 14.7 Å². The summed E-state index contributed by atoms with van der Waals surface area (Å²) in [4.78, 5) is 23.8. The van der Waals surface area contributed by atoms with E-state index >= 15 is 0 Å². The molecule has 3 N–H and O–H groups in total. The molecule has 0 aromatic heterocycles. The van der Waals surface area contributed by atoms with Gasteiger partial charge < -0.3 is 15.5 Å². The van der Waals surface area contributed by atoms with E-state index in [4.69, 9.17) is 5.11 Å². The van der Waals surface area contributed by atoms with E-state index in [0.717, 1.165) is 77.5 Å². The molecule has 1 atom stereocenters. The highest BCUT2D eigenvalue weighted by Crippen LogP contribution is 2.14. The summed E-state index contributed by atoms with van der Waals surface area (Å²) in [5.74, 6) is -1.41. The number of unbranched alkanes of at least 4 members (excludes halogenated alkanes) is 6. The molecule has 0 aromatic rings. The van der Waals surface area contributed by atoms with Crippen molar-refractivity contribution in [1.82, 2.24) is 10.2 Å². The number of carboxylic acids is 2. The van der Waals surface area contributed by atoms with E-state index < -0.39 is 11.9 Å². The molecule has 1 unspecified atom stereocenters. The van der Waals surface area contributed by atoms with Crippen LogP contribution in [-0.2, 0) is 9.59 Å². The zero-order valence-electron chi connectivity index (χ0n) is 13.4. The lowest BCUT2D eigenvalue weighted by atomic mass is 10.0. The maximum Gasteiger partial charge on any atom is 0.320 e. The maximum absolute atomic E-state index is 11.4. The summed E-state index contributed by atoms with van der Waals surface area (Å²) >= 11 is 0. The first-order valence-corrected chi connectivity index (χ1v) is 8.50. The second kappa shape index (κ2) is 11.4. The fourth-order valence-electron chi connectivity index (χ4n) is 2.95. The van der Waals surface area contributed by atoms with Gasteiger partial charge in [0.05, 0.1) is 0 Å². The minimum Gasteiger partial charge on any atom is -0.481 e. The number of hydrogen-bond donors (Lipinski definition) is 3. The minimum atomic E-state index is -0.715. The molecule has 0 aliphatic carbocycles. The van der Waals surface area contributed by atoms with Crippen molar-refractivity contribution in [2.45, 2.75) is 63.8 Å². The average Bonchev–Trinajstić information content (AvgIpc) is 2.49. The Bertz CT molecular complexity index is 330. The van der Waals surface area contributed by atoms with Gasteiger partial charge in [-0.1, -0.05) is 38.5 Å². The third-order valence-electron chi connectivity index (χ3n) is 4.25. The number of rotatable bonds is 12. The molecule has 1 saturated heterocycles. The van der Waals surface area contributed by atoms with Gasteiger partial charge in [0.15, 0.2) is 0 Å². The van der Waals surface area contributed by atoms with Crippen LogP contribution in [0.2, 0.25) is 0 Å². The Morgan fingerprint density at radius 2 is 1.45 bits per heavy atom. The molecule has 128 valence electrons.